The molecule has 0 spiro atoms. The number of benzene rings is 1. The highest BCUT2D eigenvalue weighted by Gasteiger charge is 2.45. The van der Waals surface area contributed by atoms with Crippen LogP contribution in [0, 0.1) is 10.1 Å². The van der Waals surface area contributed by atoms with Gasteiger partial charge in [-0.1, -0.05) is 6.07 Å². The summed E-state index contributed by atoms with van der Waals surface area (Å²) in [5.74, 6) is 2.35. The molecule has 1 aromatic heterocycles. The van der Waals surface area contributed by atoms with Crippen LogP contribution < -0.4 is 19.5 Å². The Hall–Kier alpha value is -2.83. The van der Waals surface area contributed by atoms with E-state index in [1.807, 2.05) is 34.9 Å². The lowest BCUT2D eigenvalue weighted by Gasteiger charge is -2.14. The largest absolute Gasteiger partial charge is 0.497 e. The van der Waals surface area contributed by atoms with Crippen LogP contribution in [0.1, 0.15) is 6.04 Å². The standard InChI is InChI=1S/C15H14N4O3/c1-22-12-4-2-3-10(7-12)17-9-11-8-16-15-13(19(20)21)5-6-14(17)18(11)15/h2-7,11H,8-9H2,1H3/p+1. The molecule has 0 saturated heterocycles. The Morgan fingerprint density at radius 2 is 2.27 bits per heavy atom. The van der Waals surface area contributed by atoms with Gasteiger partial charge in [0.05, 0.1) is 18.6 Å². The number of aromatic nitrogens is 1. The van der Waals surface area contributed by atoms with Crippen LogP contribution in [-0.2, 0) is 0 Å². The van der Waals surface area contributed by atoms with Crippen molar-refractivity contribution in [2.24, 2.45) is 0 Å². The zero-order valence-corrected chi connectivity index (χ0v) is 12.0. The fourth-order valence-corrected chi connectivity index (χ4v) is 3.24. The second-order valence-corrected chi connectivity index (χ2v) is 5.40. The monoisotopic (exact) mass is 299 g/mol. The van der Waals surface area contributed by atoms with E-state index in [1.165, 1.54) is 0 Å². The summed E-state index contributed by atoms with van der Waals surface area (Å²) in [6.45, 7) is 1.49. The zero-order valence-electron chi connectivity index (χ0n) is 12.0. The van der Waals surface area contributed by atoms with Gasteiger partial charge in [-0.25, -0.2) is 4.57 Å². The van der Waals surface area contributed by atoms with Gasteiger partial charge in [0.15, 0.2) is 0 Å². The molecule has 4 rings (SSSR count). The molecule has 1 aromatic carbocycles. The van der Waals surface area contributed by atoms with E-state index in [0.29, 0.717) is 12.4 Å². The lowest BCUT2D eigenvalue weighted by atomic mass is 10.2. The maximum Gasteiger partial charge on any atom is 0.341 e. The minimum absolute atomic E-state index is 0.124. The van der Waals surface area contributed by atoms with E-state index < -0.39 is 0 Å². The fraction of sp³-hybridized carbons (Fsp3) is 0.267. The van der Waals surface area contributed by atoms with Crippen molar-refractivity contribution in [2.75, 3.05) is 30.4 Å². The van der Waals surface area contributed by atoms with Gasteiger partial charge in [0.2, 0.25) is 5.82 Å². The molecule has 1 atom stereocenters. The molecule has 7 nitrogen and oxygen atoms in total. The van der Waals surface area contributed by atoms with Crippen molar-refractivity contribution in [3.8, 4) is 5.75 Å². The Morgan fingerprint density at radius 3 is 3.05 bits per heavy atom. The zero-order chi connectivity index (χ0) is 15.3. The van der Waals surface area contributed by atoms with Gasteiger partial charge in [0.1, 0.15) is 24.0 Å². The van der Waals surface area contributed by atoms with E-state index in [-0.39, 0.29) is 16.7 Å². The third-order valence-corrected chi connectivity index (χ3v) is 4.22. The summed E-state index contributed by atoms with van der Waals surface area (Å²) < 4.78 is 7.31. The van der Waals surface area contributed by atoms with Gasteiger partial charge < -0.3 is 4.74 Å². The Kier molecular flexibility index (Phi) is 2.69. The smallest absolute Gasteiger partial charge is 0.341 e. The number of pyridine rings is 1. The Balaban J connectivity index is 1.82. The van der Waals surface area contributed by atoms with Gasteiger partial charge in [0.25, 0.3) is 0 Å². The van der Waals surface area contributed by atoms with Gasteiger partial charge in [-0.05, 0) is 12.1 Å². The molecule has 3 heterocycles. The molecule has 0 amide bonds. The number of nitro groups is 1. The molecule has 0 fully saturated rings. The molecule has 0 radical (unpaired) electrons. The Labute approximate surface area is 126 Å². The summed E-state index contributed by atoms with van der Waals surface area (Å²) in [7, 11) is 1.64. The summed E-state index contributed by atoms with van der Waals surface area (Å²) in [5.41, 5.74) is 1.15. The molecule has 1 unspecified atom stereocenters. The first kappa shape index (κ1) is 12.9. The summed E-state index contributed by atoms with van der Waals surface area (Å²) in [5, 5.41) is 14.3. The molecule has 2 aromatic rings. The van der Waals surface area contributed by atoms with E-state index in [4.69, 9.17) is 4.74 Å². The summed E-state index contributed by atoms with van der Waals surface area (Å²) in [4.78, 5) is 13.0. The number of hydrogen-bond donors (Lipinski definition) is 1. The number of ether oxygens (including phenoxy) is 1. The van der Waals surface area contributed by atoms with Gasteiger partial charge in [0, 0.05) is 18.2 Å². The fourth-order valence-electron chi connectivity index (χ4n) is 3.24. The van der Waals surface area contributed by atoms with Crippen molar-refractivity contribution in [1.82, 2.24) is 0 Å². The number of nitrogens with one attached hydrogen (secondary N) is 1. The van der Waals surface area contributed by atoms with Crippen LogP contribution >= 0.6 is 0 Å². The molecule has 7 heteroatoms. The van der Waals surface area contributed by atoms with Crippen molar-refractivity contribution in [2.45, 2.75) is 6.04 Å². The van der Waals surface area contributed by atoms with Crippen molar-refractivity contribution >= 4 is 23.0 Å². The summed E-state index contributed by atoms with van der Waals surface area (Å²) in [6, 6.07) is 11.4. The van der Waals surface area contributed by atoms with Crippen molar-refractivity contribution < 1.29 is 14.2 Å². The van der Waals surface area contributed by atoms with Crippen LogP contribution in [0.2, 0.25) is 0 Å². The maximum atomic E-state index is 11.2. The lowest BCUT2D eigenvalue weighted by Crippen LogP contribution is -2.33. The summed E-state index contributed by atoms with van der Waals surface area (Å²) >= 11 is 0. The van der Waals surface area contributed by atoms with Crippen LogP contribution in [0.4, 0.5) is 23.0 Å². The molecular formula is C15H15N4O3+. The van der Waals surface area contributed by atoms with Crippen molar-refractivity contribution in [3.63, 3.8) is 0 Å². The first-order valence-corrected chi connectivity index (χ1v) is 7.07. The predicted molar refractivity (Wildman–Crippen MR) is 80.8 cm³/mol. The molecule has 2 aliphatic heterocycles. The van der Waals surface area contributed by atoms with E-state index >= 15 is 0 Å². The minimum Gasteiger partial charge on any atom is -0.497 e. The SMILES string of the molecule is COc1cccc(N2CC3CNc4c([N+](=O)[O-])ccc2[n+]43)c1. The average molecular weight is 299 g/mol. The van der Waals surface area contributed by atoms with E-state index in [2.05, 4.69) is 10.2 Å². The molecular weight excluding hydrogens is 284 g/mol. The van der Waals surface area contributed by atoms with Gasteiger partial charge in [-0.15, -0.1) is 0 Å². The Bertz CT molecular complexity index is 777. The first-order valence-electron chi connectivity index (χ1n) is 7.07. The van der Waals surface area contributed by atoms with Crippen molar-refractivity contribution in [1.29, 1.82) is 0 Å². The molecule has 0 saturated carbocycles. The highest BCUT2D eigenvalue weighted by atomic mass is 16.6. The van der Waals surface area contributed by atoms with Crippen molar-refractivity contribution in [3.05, 3.63) is 46.5 Å². The van der Waals surface area contributed by atoms with Crippen LogP contribution in [0.5, 0.6) is 5.75 Å². The molecule has 0 aliphatic carbocycles. The molecule has 2 aliphatic rings. The van der Waals surface area contributed by atoms with Crippen LogP contribution in [0.15, 0.2) is 36.4 Å². The molecule has 0 bridgehead atoms. The highest BCUT2D eigenvalue weighted by molar-refractivity contribution is 5.65. The van der Waals surface area contributed by atoms with Crippen LogP contribution in [0.3, 0.4) is 0 Å². The van der Waals surface area contributed by atoms with E-state index in [1.54, 1.807) is 13.2 Å². The highest BCUT2D eigenvalue weighted by Crippen LogP contribution is 2.38. The number of rotatable bonds is 3. The van der Waals surface area contributed by atoms with E-state index in [9.17, 15) is 10.1 Å². The van der Waals surface area contributed by atoms with Gasteiger partial charge >= 0.3 is 11.5 Å². The number of methoxy groups -OCH3 is 1. The molecule has 1 N–H and O–H groups in total. The van der Waals surface area contributed by atoms with Crippen LogP contribution in [-0.4, -0.2) is 25.1 Å². The maximum absolute atomic E-state index is 11.2. The number of hydrogen-bond acceptors (Lipinski definition) is 5. The van der Waals surface area contributed by atoms with Crippen LogP contribution in [0.25, 0.3) is 0 Å². The van der Waals surface area contributed by atoms with E-state index in [0.717, 1.165) is 23.8 Å². The van der Waals surface area contributed by atoms with Gasteiger partial charge in [-0.2, -0.15) is 0 Å². The average Bonchev–Trinajstić information content (AvgIpc) is 3.12. The van der Waals surface area contributed by atoms with Gasteiger partial charge in [-0.3, -0.25) is 20.3 Å². The third kappa shape index (κ3) is 1.71. The molecule has 22 heavy (non-hydrogen) atoms. The second-order valence-electron chi connectivity index (χ2n) is 5.40. The quantitative estimate of drug-likeness (QED) is 0.533. The Morgan fingerprint density at radius 1 is 1.41 bits per heavy atom. The predicted octanol–water partition coefficient (Wildman–Crippen LogP) is 2.01. The minimum atomic E-state index is -0.341. The molecule has 112 valence electrons. The summed E-state index contributed by atoms with van der Waals surface area (Å²) in [6.07, 6.45) is 0. The third-order valence-electron chi connectivity index (χ3n) is 4.22. The second kappa shape index (κ2) is 4.59. The normalized spacial score (nSPS) is 18.0. The first-order chi connectivity index (χ1) is 10.7. The lowest BCUT2D eigenvalue weighted by molar-refractivity contribution is -0.672. The number of nitrogens with zero attached hydrogens (tertiary/aromatic N) is 3. The topological polar surface area (TPSA) is 71.5 Å². The number of anilines is 3.